The maximum atomic E-state index is 2.73. The summed E-state index contributed by atoms with van der Waals surface area (Å²) in [6.45, 7) is 0. The van der Waals surface area contributed by atoms with E-state index in [0.29, 0.717) is 0 Å². The summed E-state index contributed by atoms with van der Waals surface area (Å²) in [7, 11) is 0. The van der Waals surface area contributed by atoms with Gasteiger partial charge in [0.15, 0.2) is 0 Å². The first-order chi connectivity index (χ1) is 48.7. The molecule has 458 valence electrons. The quantitative estimate of drug-likeness (QED) is 0.136. The van der Waals surface area contributed by atoms with E-state index in [1.807, 2.05) is 0 Å². The minimum atomic E-state index is -0.266. The molecule has 0 saturated carbocycles. The molecule has 0 radical (unpaired) electrons. The third-order valence-corrected chi connectivity index (χ3v) is 21.1. The van der Waals surface area contributed by atoms with Crippen LogP contribution in [0.2, 0.25) is 0 Å². The van der Waals surface area contributed by atoms with E-state index in [1.54, 1.807) is 0 Å². The van der Waals surface area contributed by atoms with Crippen molar-refractivity contribution in [3.63, 3.8) is 0 Å². The number of fused-ring (bicyclic) bond motifs is 14. The topological polar surface area (TPSA) is 22.8 Å². The number of hydrogen-bond donors (Lipinski definition) is 0. The van der Waals surface area contributed by atoms with Crippen LogP contribution < -0.4 is 19.6 Å². The van der Waals surface area contributed by atoms with Gasteiger partial charge in [-0.15, -0.1) is 0 Å². The van der Waals surface area contributed by atoms with Crippen LogP contribution in [0.1, 0.15) is 34.3 Å². The molecule has 0 bridgehead atoms. The second-order valence-electron chi connectivity index (χ2n) is 26.3. The first-order valence-electron chi connectivity index (χ1n) is 34.0. The summed E-state index contributed by atoms with van der Waals surface area (Å²) in [6.07, 6.45) is 0. The van der Waals surface area contributed by atoms with E-state index in [0.717, 1.165) is 68.2 Å². The Morgan fingerprint density at radius 1 is 0.224 bits per heavy atom. The summed E-state index contributed by atoms with van der Waals surface area (Å²) in [4.78, 5) is 10.1. The Balaban J connectivity index is 0.924. The van der Waals surface area contributed by atoms with Gasteiger partial charge in [-0.3, -0.25) is 0 Å². The molecule has 0 saturated heterocycles. The summed E-state index contributed by atoms with van der Waals surface area (Å²) in [5.74, 6) is 0. The highest BCUT2D eigenvalue weighted by molar-refractivity contribution is 6.19. The second-order valence-corrected chi connectivity index (χ2v) is 26.3. The Morgan fingerprint density at radius 2 is 0.551 bits per heavy atom. The van der Waals surface area contributed by atoms with Gasteiger partial charge in [-0.05, 0) is 179 Å². The van der Waals surface area contributed by atoms with E-state index in [-0.39, 0.29) is 12.1 Å². The third-order valence-electron chi connectivity index (χ3n) is 21.1. The summed E-state index contributed by atoms with van der Waals surface area (Å²) >= 11 is 0. The molecule has 2 unspecified atom stereocenters. The van der Waals surface area contributed by atoms with Crippen molar-refractivity contribution in [2.24, 2.45) is 0 Å². The number of benzene rings is 15. The van der Waals surface area contributed by atoms with Crippen molar-refractivity contribution in [2.45, 2.75) is 12.1 Å². The molecule has 15 aromatic carbocycles. The predicted molar refractivity (Wildman–Crippen MR) is 407 cm³/mol. The van der Waals surface area contributed by atoms with Gasteiger partial charge in [0.25, 0.3) is 0 Å². The van der Waals surface area contributed by atoms with Crippen LogP contribution in [-0.2, 0) is 0 Å². The lowest BCUT2D eigenvalue weighted by molar-refractivity contribution is 0.690. The van der Waals surface area contributed by atoms with Gasteiger partial charge in [0, 0.05) is 111 Å². The molecule has 17 aromatic rings. The molecule has 2 atom stereocenters. The molecule has 98 heavy (non-hydrogen) atoms. The zero-order valence-corrected chi connectivity index (χ0v) is 53.3. The molecule has 21 rings (SSSR count). The van der Waals surface area contributed by atoms with Gasteiger partial charge in [0.05, 0.1) is 45.9 Å². The number of para-hydroxylation sites is 8. The van der Waals surface area contributed by atoms with Crippen LogP contribution in [0.5, 0.6) is 0 Å². The summed E-state index contributed by atoms with van der Waals surface area (Å²) in [5.41, 5.74) is 32.7. The van der Waals surface area contributed by atoms with Crippen LogP contribution in [0.25, 0.3) is 88.1 Å². The third kappa shape index (κ3) is 7.97. The monoisotopic (exact) mass is 1250 g/mol. The average Bonchev–Trinajstić information content (AvgIpc) is 1.31. The molecule has 0 spiro atoms. The van der Waals surface area contributed by atoms with Crippen molar-refractivity contribution in [3.8, 4) is 44.5 Å². The Hall–Kier alpha value is -12.9. The minimum Gasteiger partial charge on any atom is -0.328 e. The molecule has 4 aliphatic heterocycles. The summed E-state index contributed by atoms with van der Waals surface area (Å²) < 4.78 is 5.46. The molecule has 6 heteroatoms. The van der Waals surface area contributed by atoms with Crippen molar-refractivity contribution in [1.82, 2.24) is 9.13 Å². The molecule has 0 fully saturated rings. The first kappa shape index (κ1) is 54.5. The van der Waals surface area contributed by atoms with Crippen LogP contribution in [0, 0.1) is 0 Å². The molecule has 0 amide bonds. The number of nitrogens with zero attached hydrogens (tertiary/aromatic N) is 6. The molecule has 0 N–H and O–H groups in total. The lowest BCUT2D eigenvalue weighted by atomic mass is 9.77. The molecule has 4 aliphatic rings. The van der Waals surface area contributed by atoms with Gasteiger partial charge in [0.2, 0.25) is 0 Å². The van der Waals surface area contributed by atoms with Crippen molar-refractivity contribution < 1.29 is 0 Å². The van der Waals surface area contributed by atoms with Gasteiger partial charge in [-0.25, -0.2) is 0 Å². The van der Waals surface area contributed by atoms with E-state index in [9.17, 15) is 0 Å². The number of anilines is 12. The van der Waals surface area contributed by atoms with E-state index < -0.39 is 0 Å². The normalized spacial score (nSPS) is 14.3. The molecular formula is C92H60N6. The SMILES string of the molecule is c1ccc(-c2cc3c4c(c2)c2ccccc2n4C2c4cc5c(cc4N(c4ccccc4)c4cc(N(c6ccccc6)c6ccccc6)cc-3c42)N(c2ccccc2)c2cc(N(c3ccccc3)c3ccccc3)cc3c2C5n2c4ccccc4c4cc(-c5ccccc5)cc-3c42)cc1. The Kier molecular flexibility index (Phi) is 11.8. The fourth-order valence-electron chi connectivity index (χ4n) is 17.2. The standard InChI is InChI=1S/C92H60N6/c1-9-29-59(30-10-1)61-49-75-71-45-25-27-47-81(71)97-89(75)77(51-61)73-53-69(93(63-33-13-3-14-34-63)64-35-15-4-16-36-64)55-85-87(73)91(97)79-57-80-84(58-83(79)95(85)67-41-21-7-22-42-67)96(68-43-23-8-24-44-68)86-56-70(94(65-37-17-5-18-38-65)66-39-19-6-20-40-66)54-74-78-52-62(60-31-11-2-12-32-60)50-76-72-46-26-28-48-82(72)98(90(76)78)92(80)88(74)86/h1-58,91-92H. The molecular weight excluding hydrogens is 1190 g/mol. The Bertz CT molecular complexity index is 5600. The van der Waals surface area contributed by atoms with Crippen LogP contribution in [0.4, 0.5) is 68.2 Å². The molecule has 6 heterocycles. The van der Waals surface area contributed by atoms with Gasteiger partial charge in [-0.2, -0.15) is 0 Å². The highest BCUT2D eigenvalue weighted by atomic mass is 15.2. The predicted octanol–water partition coefficient (Wildman–Crippen LogP) is 25.0. The lowest BCUT2D eigenvalue weighted by Gasteiger charge is -2.46. The maximum Gasteiger partial charge on any atom is 0.0892 e. The van der Waals surface area contributed by atoms with Crippen molar-refractivity contribution in [3.05, 3.63) is 374 Å². The van der Waals surface area contributed by atoms with Crippen LogP contribution in [0.15, 0.2) is 352 Å². The Morgan fingerprint density at radius 3 is 0.918 bits per heavy atom. The van der Waals surface area contributed by atoms with Crippen molar-refractivity contribution >= 4 is 112 Å². The van der Waals surface area contributed by atoms with Gasteiger partial charge in [-0.1, -0.05) is 206 Å². The fourth-order valence-corrected chi connectivity index (χ4v) is 17.2. The number of rotatable bonds is 10. The van der Waals surface area contributed by atoms with Crippen molar-refractivity contribution in [1.29, 1.82) is 0 Å². The zero-order chi connectivity index (χ0) is 64.1. The highest BCUT2D eigenvalue weighted by Gasteiger charge is 2.46. The largest absolute Gasteiger partial charge is 0.328 e. The van der Waals surface area contributed by atoms with Gasteiger partial charge in [0.1, 0.15) is 0 Å². The first-order valence-corrected chi connectivity index (χ1v) is 34.0. The average molecular weight is 1250 g/mol. The molecule has 0 aliphatic carbocycles. The van der Waals surface area contributed by atoms with E-state index >= 15 is 0 Å². The van der Waals surface area contributed by atoms with Crippen LogP contribution >= 0.6 is 0 Å². The van der Waals surface area contributed by atoms with Gasteiger partial charge < -0.3 is 28.7 Å². The molecule has 6 nitrogen and oxygen atoms in total. The van der Waals surface area contributed by atoms with E-state index in [1.165, 1.54) is 110 Å². The second kappa shape index (κ2) is 21.3. The van der Waals surface area contributed by atoms with Gasteiger partial charge >= 0.3 is 0 Å². The smallest absolute Gasteiger partial charge is 0.0892 e. The Labute approximate surface area is 567 Å². The van der Waals surface area contributed by atoms with E-state index in [4.69, 9.17) is 0 Å². The summed E-state index contributed by atoms with van der Waals surface area (Å²) in [6, 6.07) is 131. The number of aromatic nitrogens is 2. The zero-order valence-electron chi connectivity index (χ0n) is 53.3. The number of hydrogen-bond acceptors (Lipinski definition) is 4. The van der Waals surface area contributed by atoms with E-state index in [2.05, 4.69) is 381 Å². The summed E-state index contributed by atoms with van der Waals surface area (Å²) in [5, 5.41) is 4.96. The molecule has 2 aromatic heterocycles. The maximum absolute atomic E-state index is 2.73. The van der Waals surface area contributed by atoms with Crippen molar-refractivity contribution in [2.75, 3.05) is 19.6 Å². The highest BCUT2D eigenvalue weighted by Crippen LogP contribution is 2.65. The minimum absolute atomic E-state index is 0.266. The lowest BCUT2D eigenvalue weighted by Crippen LogP contribution is -2.32. The van der Waals surface area contributed by atoms with Crippen LogP contribution in [0.3, 0.4) is 0 Å². The fraction of sp³-hybridized carbons (Fsp3) is 0.0217. The van der Waals surface area contributed by atoms with Crippen LogP contribution in [-0.4, -0.2) is 9.13 Å².